The van der Waals surface area contributed by atoms with E-state index in [0.29, 0.717) is 22.9 Å². The first-order valence-corrected chi connectivity index (χ1v) is 9.50. The van der Waals surface area contributed by atoms with E-state index in [1.165, 1.54) is 21.3 Å². The van der Waals surface area contributed by atoms with E-state index in [-0.39, 0.29) is 24.8 Å². The summed E-state index contributed by atoms with van der Waals surface area (Å²) in [5.41, 5.74) is 2.49. The van der Waals surface area contributed by atoms with E-state index in [1.807, 2.05) is 24.3 Å². The zero-order chi connectivity index (χ0) is 21.0. The highest BCUT2D eigenvalue weighted by atomic mass is 16.5. The molecular formula is C22H26N2O5. The normalized spacial score (nSPS) is 15.9. The third-order valence-electron chi connectivity index (χ3n) is 5.06. The maximum Gasteiger partial charge on any atom is 0.229 e. The van der Waals surface area contributed by atoms with Gasteiger partial charge < -0.3 is 24.4 Å². The van der Waals surface area contributed by atoms with Crippen molar-refractivity contribution in [2.75, 3.05) is 38.1 Å². The number of amides is 2. The Hall–Kier alpha value is -3.22. The van der Waals surface area contributed by atoms with E-state index < -0.39 is 5.92 Å². The Morgan fingerprint density at radius 1 is 1.10 bits per heavy atom. The number of methoxy groups -OCH3 is 3. The Labute approximate surface area is 170 Å². The second-order valence-corrected chi connectivity index (χ2v) is 6.83. The molecule has 1 atom stereocenters. The first-order valence-electron chi connectivity index (χ1n) is 9.50. The van der Waals surface area contributed by atoms with Crippen LogP contribution in [0.25, 0.3) is 0 Å². The van der Waals surface area contributed by atoms with Crippen molar-refractivity contribution in [1.82, 2.24) is 0 Å². The van der Waals surface area contributed by atoms with Crippen LogP contribution in [0.5, 0.6) is 17.2 Å². The minimum atomic E-state index is -0.438. The highest BCUT2D eigenvalue weighted by Gasteiger charge is 2.36. The monoisotopic (exact) mass is 398 g/mol. The third kappa shape index (κ3) is 4.29. The van der Waals surface area contributed by atoms with Crippen molar-refractivity contribution < 1.29 is 23.8 Å². The summed E-state index contributed by atoms with van der Waals surface area (Å²) in [6, 6.07) is 11.2. The lowest BCUT2D eigenvalue weighted by Crippen LogP contribution is -2.28. The van der Waals surface area contributed by atoms with Crippen molar-refractivity contribution in [2.45, 2.75) is 19.8 Å². The van der Waals surface area contributed by atoms with Crippen LogP contribution in [-0.2, 0) is 16.0 Å². The lowest BCUT2D eigenvalue weighted by Gasteiger charge is -2.20. The average molecular weight is 398 g/mol. The fourth-order valence-corrected chi connectivity index (χ4v) is 3.47. The molecule has 7 heteroatoms. The molecule has 0 bridgehead atoms. The number of hydrogen-bond acceptors (Lipinski definition) is 5. The molecule has 0 radical (unpaired) electrons. The van der Waals surface area contributed by atoms with Gasteiger partial charge in [0.15, 0.2) is 11.5 Å². The summed E-state index contributed by atoms with van der Waals surface area (Å²) in [7, 11) is 4.57. The van der Waals surface area contributed by atoms with Crippen LogP contribution in [-0.4, -0.2) is 39.7 Å². The van der Waals surface area contributed by atoms with E-state index in [0.717, 1.165) is 17.7 Å². The number of carbonyl (C=O) groups excluding carboxylic acids is 2. The van der Waals surface area contributed by atoms with Crippen molar-refractivity contribution in [3.05, 3.63) is 42.0 Å². The lowest BCUT2D eigenvalue weighted by atomic mass is 10.1. The van der Waals surface area contributed by atoms with Crippen LogP contribution in [0.3, 0.4) is 0 Å². The lowest BCUT2D eigenvalue weighted by molar-refractivity contribution is -0.122. The summed E-state index contributed by atoms with van der Waals surface area (Å²) in [5, 5.41) is 2.93. The van der Waals surface area contributed by atoms with Crippen LogP contribution in [0.15, 0.2) is 36.4 Å². The van der Waals surface area contributed by atoms with Gasteiger partial charge in [0.1, 0.15) is 0 Å². The van der Waals surface area contributed by atoms with Crippen LogP contribution in [0.4, 0.5) is 11.4 Å². The molecule has 1 heterocycles. The van der Waals surface area contributed by atoms with Crippen LogP contribution in [0, 0.1) is 5.92 Å². The Morgan fingerprint density at radius 3 is 2.38 bits per heavy atom. The minimum Gasteiger partial charge on any atom is -0.493 e. The molecule has 2 aromatic carbocycles. The van der Waals surface area contributed by atoms with Crippen LogP contribution in [0.1, 0.15) is 18.9 Å². The highest BCUT2D eigenvalue weighted by Crippen LogP contribution is 2.42. The number of rotatable bonds is 7. The summed E-state index contributed by atoms with van der Waals surface area (Å²) in [6.45, 7) is 2.35. The number of aryl methyl sites for hydroxylation is 1. The number of benzene rings is 2. The van der Waals surface area contributed by atoms with Gasteiger partial charge in [-0.25, -0.2) is 0 Å². The maximum absolute atomic E-state index is 12.7. The molecule has 0 aromatic heterocycles. The molecule has 154 valence electrons. The predicted octanol–water partition coefficient (Wildman–Crippen LogP) is 3.27. The summed E-state index contributed by atoms with van der Waals surface area (Å²) in [6.07, 6.45) is 1.04. The minimum absolute atomic E-state index is 0.123. The Morgan fingerprint density at radius 2 is 1.79 bits per heavy atom. The topological polar surface area (TPSA) is 77.1 Å². The summed E-state index contributed by atoms with van der Waals surface area (Å²) in [5.74, 6) is 0.642. The van der Waals surface area contributed by atoms with E-state index in [9.17, 15) is 9.59 Å². The molecule has 3 rings (SSSR count). The molecule has 1 fully saturated rings. The molecule has 2 amide bonds. The van der Waals surface area contributed by atoms with E-state index in [1.54, 1.807) is 17.0 Å². The number of nitrogens with zero attached hydrogens (tertiary/aromatic N) is 1. The molecule has 7 nitrogen and oxygen atoms in total. The van der Waals surface area contributed by atoms with Crippen molar-refractivity contribution in [1.29, 1.82) is 0 Å². The summed E-state index contributed by atoms with van der Waals surface area (Å²) >= 11 is 0. The van der Waals surface area contributed by atoms with Crippen molar-refractivity contribution in [3.63, 3.8) is 0 Å². The number of ether oxygens (including phenoxy) is 3. The van der Waals surface area contributed by atoms with E-state index in [2.05, 4.69) is 12.2 Å². The molecule has 29 heavy (non-hydrogen) atoms. The fourth-order valence-electron chi connectivity index (χ4n) is 3.47. The second-order valence-electron chi connectivity index (χ2n) is 6.83. The van der Waals surface area contributed by atoms with Gasteiger partial charge in [0, 0.05) is 30.8 Å². The molecule has 0 saturated carbocycles. The summed E-state index contributed by atoms with van der Waals surface area (Å²) in [4.78, 5) is 26.9. The Balaban J connectivity index is 1.78. The van der Waals surface area contributed by atoms with Crippen LogP contribution >= 0.6 is 0 Å². The predicted molar refractivity (Wildman–Crippen MR) is 111 cm³/mol. The fraction of sp³-hybridized carbons (Fsp3) is 0.364. The zero-order valence-corrected chi connectivity index (χ0v) is 17.2. The number of carbonyl (C=O) groups is 2. The molecule has 1 aliphatic heterocycles. The number of anilines is 2. The average Bonchev–Trinajstić information content (AvgIpc) is 3.14. The van der Waals surface area contributed by atoms with Crippen molar-refractivity contribution in [3.8, 4) is 17.2 Å². The SMILES string of the molecule is CCc1cccc(NC(=O)C2CC(=O)N(c3cc(OC)c(OC)c(OC)c3)C2)c1. The van der Waals surface area contributed by atoms with E-state index in [4.69, 9.17) is 14.2 Å². The van der Waals surface area contributed by atoms with Gasteiger partial charge >= 0.3 is 0 Å². The molecule has 0 spiro atoms. The van der Waals surface area contributed by atoms with Crippen molar-refractivity contribution >= 4 is 23.2 Å². The molecular weight excluding hydrogens is 372 g/mol. The van der Waals surface area contributed by atoms with Gasteiger partial charge in [0.25, 0.3) is 0 Å². The first kappa shape index (κ1) is 20.5. The van der Waals surface area contributed by atoms with Gasteiger partial charge in [-0.3, -0.25) is 9.59 Å². The standard InChI is InChI=1S/C22H26N2O5/c1-5-14-7-6-8-16(9-14)23-22(26)15-10-20(25)24(13-15)17-11-18(27-2)21(29-4)19(12-17)28-3/h6-9,11-12,15H,5,10,13H2,1-4H3,(H,23,26). The van der Waals surface area contributed by atoms with Crippen LogP contribution in [0.2, 0.25) is 0 Å². The number of hydrogen-bond donors (Lipinski definition) is 1. The smallest absolute Gasteiger partial charge is 0.229 e. The van der Waals surface area contributed by atoms with Gasteiger partial charge in [-0.1, -0.05) is 19.1 Å². The Kier molecular flexibility index (Phi) is 6.26. The third-order valence-corrected chi connectivity index (χ3v) is 5.06. The van der Waals surface area contributed by atoms with Gasteiger partial charge in [0.2, 0.25) is 17.6 Å². The molecule has 1 N–H and O–H groups in total. The molecule has 2 aromatic rings. The van der Waals surface area contributed by atoms with Crippen molar-refractivity contribution in [2.24, 2.45) is 5.92 Å². The number of nitrogens with one attached hydrogen (secondary N) is 1. The summed E-state index contributed by atoms with van der Waals surface area (Å²) < 4.78 is 16.1. The molecule has 1 saturated heterocycles. The second kappa shape index (κ2) is 8.86. The maximum atomic E-state index is 12.7. The molecule has 0 aliphatic carbocycles. The first-order chi connectivity index (χ1) is 14.0. The quantitative estimate of drug-likeness (QED) is 0.775. The zero-order valence-electron chi connectivity index (χ0n) is 17.2. The van der Waals surface area contributed by atoms with Gasteiger partial charge in [-0.2, -0.15) is 0 Å². The van der Waals surface area contributed by atoms with Gasteiger partial charge in [0.05, 0.1) is 32.9 Å². The van der Waals surface area contributed by atoms with Crippen LogP contribution < -0.4 is 24.4 Å². The van der Waals surface area contributed by atoms with Gasteiger partial charge in [-0.15, -0.1) is 0 Å². The molecule has 1 unspecified atom stereocenters. The van der Waals surface area contributed by atoms with E-state index >= 15 is 0 Å². The Bertz CT molecular complexity index is 887. The molecule has 1 aliphatic rings. The van der Waals surface area contributed by atoms with Gasteiger partial charge in [-0.05, 0) is 24.1 Å². The largest absolute Gasteiger partial charge is 0.493 e. The highest BCUT2D eigenvalue weighted by molar-refractivity contribution is 6.03.